The van der Waals surface area contributed by atoms with Crippen molar-refractivity contribution in [1.29, 1.82) is 0 Å². The maximum Gasteiger partial charge on any atom is 0.234 e. The van der Waals surface area contributed by atoms with Gasteiger partial charge in [-0.3, -0.25) is 14.9 Å². The number of hydrogen-bond donors (Lipinski definition) is 1. The summed E-state index contributed by atoms with van der Waals surface area (Å²) in [7, 11) is 0. The van der Waals surface area contributed by atoms with Crippen LogP contribution in [0.25, 0.3) is 0 Å². The fourth-order valence-electron chi connectivity index (χ4n) is 4.28. The van der Waals surface area contributed by atoms with E-state index in [1.807, 2.05) is 12.1 Å². The maximum absolute atomic E-state index is 11.9. The number of rotatable bonds is 3. The molecule has 1 unspecified atom stereocenters. The first-order valence-electron chi connectivity index (χ1n) is 8.22. The number of carbonyl (C=O) groups is 3. The molecule has 2 heterocycles. The largest absolute Gasteiger partial charge is 0.370 e. The SMILES string of the molecule is O=CC1CC2(C1)CN(c1ccc(C3CCC(=O)NC3=O)cc1)C2. The number of hydrogen-bond acceptors (Lipinski definition) is 4. The number of aldehydes is 1. The van der Waals surface area contributed by atoms with Crippen molar-refractivity contribution in [2.24, 2.45) is 11.3 Å². The fourth-order valence-corrected chi connectivity index (χ4v) is 4.28. The molecule has 0 aromatic heterocycles. The van der Waals surface area contributed by atoms with Gasteiger partial charge in [0.15, 0.2) is 0 Å². The van der Waals surface area contributed by atoms with E-state index >= 15 is 0 Å². The van der Waals surface area contributed by atoms with Crippen LogP contribution in [-0.4, -0.2) is 31.2 Å². The molecule has 120 valence electrons. The summed E-state index contributed by atoms with van der Waals surface area (Å²) >= 11 is 0. The minimum atomic E-state index is -0.218. The lowest BCUT2D eigenvalue weighted by atomic mass is 9.58. The zero-order valence-corrected chi connectivity index (χ0v) is 13.0. The summed E-state index contributed by atoms with van der Waals surface area (Å²) in [4.78, 5) is 36.2. The zero-order valence-electron chi connectivity index (χ0n) is 13.0. The van der Waals surface area contributed by atoms with Gasteiger partial charge in [-0.15, -0.1) is 0 Å². The number of carbonyl (C=O) groups excluding carboxylic acids is 3. The summed E-state index contributed by atoms with van der Waals surface area (Å²) in [5.41, 5.74) is 2.51. The third kappa shape index (κ3) is 2.44. The predicted octanol–water partition coefficient (Wildman–Crippen LogP) is 1.62. The van der Waals surface area contributed by atoms with Crippen LogP contribution in [0, 0.1) is 11.3 Å². The molecule has 5 heteroatoms. The van der Waals surface area contributed by atoms with Gasteiger partial charge in [0.05, 0.1) is 5.92 Å². The Balaban J connectivity index is 1.39. The standard InChI is InChI=1S/C18H20N2O3/c21-9-12-7-18(8-12)10-20(11-18)14-3-1-13(2-4-14)15-5-6-16(22)19-17(15)23/h1-4,9,12,15H,5-8,10-11H2,(H,19,22,23). The van der Waals surface area contributed by atoms with Crippen LogP contribution < -0.4 is 10.2 Å². The molecule has 1 spiro atoms. The second-order valence-corrected chi connectivity index (χ2v) is 7.26. The molecule has 1 atom stereocenters. The number of anilines is 1. The number of benzene rings is 1. The van der Waals surface area contributed by atoms with Crippen LogP contribution in [0.1, 0.15) is 37.2 Å². The Bertz CT molecular complexity index is 653. The van der Waals surface area contributed by atoms with Crippen molar-refractivity contribution in [1.82, 2.24) is 5.32 Å². The molecule has 3 aliphatic rings. The lowest BCUT2D eigenvalue weighted by molar-refractivity contribution is -0.134. The van der Waals surface area contributed by atoms with Crippen LogP contribution in [0.2, 0.25) is 0 Å². The average Bonchev–Trinajstić information content (AvgIpc) is 2.46. The Hall–Kier alpha value is -2.17. The minimum absolute atomic E-state index is 0.178. The molecule has 2 aliphatic heterocycles. The van der Waals surface area contributed by atoms with E-state index in [0.717, 1.165) is 37.8 Å². The van der Waals surface area contributed by atoms with Gasteiger partial charge >= 0.3 is 0 Å². The highest BCUT2D eigenvalue weighted by Gasteiger charge is 2.52. The number of imide groups is 1. The highest BCUT2D eigenvalue weighted by Crippen LogP contribution is 2.52. The quantitative estimate of drug-likeness (QED) is 0.680. The first-order valence-corrected chi connectivity index (χ1v) is 8.22. The third-order valence-corrected chi connectivity index (χ3v) is 5.54. The second kappa shape index (κ2) is 5.18. The van der Waals surface area contributed by atoms with Crippen molar-refractivity contribution in [3.63, 3.8) is 0 Å². The van der Waals surface area contributed by atoms with Gasteiger partial charge < -0.3 is 9.69 Å². The Morgan fingerprint density at radius 3 is 2.43 bits per heavy atom. The van der Waals surface area contributed by atoms with Gasteiger partial charge in [-0.25, -0.2) is 0 Å². The lowest BCUT2D eigenvalue weighted by Crippen LogP contribution is -2.62. The van der Waals surface area contributed by atoms with Crippen molar-refractivity contribution >= 4 is 23.8 Å². The molecule has 5 nitrogen and oxygen atoms in total. The van der Waals surface area contributed by atoms with E-state index in [0.29, 0.717) is 18.3 Å². The number of piperidine rings is 1. The lowest BCUT2D eigenvalue weighted by Gasteiger charge is -2.59. The molecule has 1 aromatic carbocycles. The summed E-state index contributed by atoms with van der Waals surface area (Å²) in [6.45, 7) is 2.05. The molecular formula is C18H20N2O3. The molecule has 2 saturated heterocycles. The molecule has 1 N–H and O–H groups in total. The summed E-state index contributed by atoms with van der Waals surface area (Å²) in [6.07, 6.45) is 4.14. The van der Waals surface area contributed by atoms with Crippen molar-refractivity contribution in [3.8, 4) is 0 Å². The first-order chi connectivity index (χ1) is 11.1. The number of nitrogens with zero attached hydrogens (tertiary/aromatic N) is 1. The number of nitrogens with one attached hydrogen (secondary N) is 1. The van der Waals surface area contributed by atoms with Crippen molar-refractivity contribution in [2.45, 2.75) is 31.6 Å². The van der Waals surface area contributed by atoms with Crippen LogP contribution in [0.15, 0.2) is 24.3 Å². The molecule has 2 amide bonds. The van der Waals surface area contributed by atoms with Gasteiger partial charge in [0.1, 0.15) is 6.29 Å². The smallest absolute Gasteiger partial charge is 0.234 e. The van der Waals surface area contributed by atoms with E-state index in [4.69, 9.17) is 0 Å². The molecule has 0 bridgehead atoms. The fraction of sp³-hybridized carbons (Fsp3) is 0.500. The van der Waals surface area contributed by atoms with E-state index in [2.05, 4.69) is 22.3 Å². The Kier molecular flexibility index (Phi) is 3.25. The minimum Gasteiger partial charge on any atom is -0.370 e. The normalized spacial score (nSPS) is 26.4. The van der Waals surface area contributed by atoms with Crippen LogP contribution in [-0.2, 0) is 14.4 Å². The van der Waals surface area contributed by atoms with Gasteiger partial charge in [-0.05, 0) is 37.0 Å². The Morgan fingerprint density at radius 2 is 1.83 bits per heavy atom. The molecule has 3 fully saturated rings. The third-order valence-electron chi connectivity index (χ3n) is 5.54. The average molecular weight is 312 g/mol. The van der Waals surface area contributed by atoms with Crippen molar-refractivity contribution in [2.75, 3.05) is 18.0 Å². The van der Waals surface area contributed by atoms with Crippen LogP contribution in [0.4, 0.5) is 5.69 Å². The molecule has 23 heavy (non-hydrogen) atoms. The maximum atomic E-state index is 11.9. The molecular weight excluding hydrogens is 292 g/mol. The topological polar surface area (TPSA) is 66.5 Å². The molecule has 1 saturated carbocycles. The summed E-state index contributed by atoms with van der Waals surface area (Å²) in [6, 6.07) is 8.11. The van der Waals surface area contributed by atoms with Gasteiger partial charge in [0, 0.05) is 36.5 Å². The predicted molar refractivity (Wildman–Crippen MR) is 85.0 cm³/mol. The monoisotopic (exact) mass is 312 g/mol. The van der Waals surface area contributed by atoms with E-state index in [-0.39, 0.29) is 23.7 Å². The highest BCUT2D eigenvalue weighted by molar-refractivity contribution is 6.00. The second-order valence-electron chi connectivity index (χ2n) is 7.26. The zero-order chi connectivity index (χ0) is 16.0. The van der Waals surface area contributed by atoms with Gasteiger partial charge in [-0.1, -0.05) is 12.1 Å². The Morgan fingerprint density at radius 1 is 1.13 bits per heavy atom. The summed E-state index contributed by atoms with van der Waals surface area (Å²) in [5, 5.41) is 2.41. The first kappa shape index (κ1) is 14.4. The van der Waals surface area contributed by atoms with E-state index < -0.39 is 0 Å². The van der Waals surface area contributed by atoms with Crippen LogP contribution >= 0.6 is 0 Å². The molecule has 1 aromatic rings. The number of amides is 2. The molecule has 4 rings (SSSR count). The Labute approximate surface area is 135 Å². The van der Waals surface area contributed by atoms with Gasteiger partial charge in [0.2, 0.25) is 11.8 Å². The van der Waals surface area contributed by atoms with E-state index in [9.17, 15) is 14.4 Å². The van der Waals surface area contributed by atoms with Crippen molar-refractivity contribution in [3.05, 3.63) is 29.8 Å². The van der Waals surface area contributed by atoms with E-state index in [1.165, 1.54) is 5.69 Å². The van der Waals surface area contributed by atoms with E-state index in [1.54, 1.807) is 0 Å². The molecule has 1 aliphatic carbocycles. The van der Waals surface area contributed by atoms with Crippen LogP contribution in [0.5, 0.6) is 0 Å². The summed E-state index contributed by atoms with van der Waals surface area (Å²) in [5.74, 6) is -0.314. The van der Waals surface area contributed by atoms with Gasteiger partial charge in [0.25, 0.3) is 0 Å². The van der Waals surface area contributed by atoms with Gasteiger partial charge in [-0.2, -0.15) is 0 Å². The highest BCUT2D eigenvalue weighted by atomic mass is 16.2. The molecule has 0 radical (unpaired) electrons. The van der Waals surface area contributed by atoms with Crippen molar-refractivity contribution < 1.29 is 14.4 Å². The van der Waals surface area contributed by atoms with Crippen LogP contribution in [0.3, 0.4) is 0 Å². The summed E-state index contributed by atoms with van der Waals surface area (Å²) < 4.78 is 0.